The van der Waals surface area contributed by atoms with Crippen molar-refractivity contribution < 1.29 is 4.79 Å². The Bertz CT molecular complexity index is 1170. The highest BCUT2D eigenvalue weighted by Crippen LogP contribution is 2.33. The second-order valence-corrected chi connectivity index (χ2v) is 12.0. The Hall–Kier alpha value is -2.93. The molecule has 1 amide bonds. The molecule has 0 spiro atoms. The number of rotatable bonds is 12. The third-order valence-electron chi connectivity index (χ3n) is 7.97. The predicted molar refractivity (Wildman–Crippen MR) is 167 cm³/mol. The summed E-state index contributed by atoms with van der Waals surface area (Å²) in [6.45, 7) is 4.27. The number of hydrogen-bond acceptors (Lipinski definition) is 5. The van der Waals surface area contributed by atoms with Gasteiger partial charge in [-0.25, -0.2) is 0 Å². The maximum absolute atomic E-state index is 12.5. The van der Waals surface area contributed by atoms with Crippen molar-refractivity contribution in [1.29, 1.82) is 0 Å². The molecule has 2 unspecified atom stereocenters. The van der Waals surface area contributed by atoms with Crippen LogP contribution in [-0.4, -0.2) is 53.8 Å². The van der Waals surface area contributed by atoms with Gasteiger partial charge in [-0.05, 0) is 60.6 Å². The number of nitrogens with one attached hydrogen (secondary N) is 2. The number of carbonyl (C=O) groups is 1. The van der Waals surface area contributed by atoms with Crippen LogP contribution in [0.5, 0.6) is 0 Å². The van der Waals surface area contributed by atoms with Gasteiger partial charge in [-0.3, -0.25) is 15.1 Å². The summed E-state index contributed by atoms with van der Waals surface area (Å²) in [5, 5.41) is 6.72. The van der Waals surface area contributed by atoms with E-state index in [1.54, 1.807) is 23.5 Å². The van der Waals surface area contributed by atoms with Gasteiger partial charge in [0.1, 0.15) is 0 Å². The molecule has 5 nitrogen and oxygen atoms in total. The molecule has 2 N–H and O–H groups in total. The lowest BCUT2D eigenvalue weighted by Gasteiger charge is -2.30. The topological polar surface area (TPSA) is 57.3 Å². The molecule has 3 heterocycles. The number of pyridine rings is 1. The number of aromatic nitrogens is 1. The first-order valence-electron chi connectivity index (χ1n) is 14.9. The molecule has 0 saturated carbocycles. The monoisotopic (exact) mass is 554 g/mol. The van der Waals surface area contributed by atoms with E-state index in [2.05, 4.69) is 87.2 Å². The summed E-state index contributed by atoms with van der Waals surface area (Å²) >= 11 is 1.78. The number of amides is 1. The number of hydrogen-bond donors (Lipinski definition) is 2. The minimum atomic E-state index is -0.119. The summed E-state index contributed by atoms with van der Waals surface area (Å²) in [7, 11) is 0. The Morgan fingerprint density at radius 3 is 2.23 bits per heavy atom. The number of carbonyl (C=O) groups excluding carboxylic acids is 1. The molecule has 0 aliphatic carbocycles. The van der Waals surface area contributed by atoms with Gasteiger partial charge < -0.3 is 10.2 Å². The highest BCUT2D eigenvalue weighted by atomic mass is 32.2. The lowest BCUT2D eigenvalue weighted by atomic mass is 9.88. The van der Waals surface area contributed by atoms with E-state index < -0.39 is 0 Å². The Labute approximate surface area is 243 Å². The van der Waals surface area contributed by atoms with Crippen molar-refractivity contribution in [2.45, 2.75) is 56.4 Å². The van der Waals surface area contributed by atoms with Gasteiger partial charge in [-0.2, -0.15) is 0 Å². The highest BCUT2D eigenvalue weighted by Gasteiger charge is 2.30. The van der Waals surface area contributed by atoms with Gasteiger partial charge >= 0.3 is 0 Å². The zero-order valence-electron chi connectivity index (χ0n) is 23.4. The highest BCUT2D eigenvalue weighted by molar-refractivity contribution is 7.99. The van der Waals surface area contributed by atoms with Crippen molar-refractivity contribution >= 4 is 23.2 Å². The van der Waals surface area contributed by atoms with Crippen LogP contribution in [0.3, 0.4) is 0 Å². The Kier molecular flexibility index (Phi) is 10.8. The van der Waals surface area contributed by atoms with Crippen LogP contribution in [0.4, 0.5) is 0 Å². The molecule has 2 aromatic carbocycles. The van der Waals surface area contributed by atoms with E-state index in [0.29, 0.717) is 0 Å². The summed E-state index contributed by atoms with van der Waals surface area (Å²) in [6.07, 6.45) is 11.9. The van der Waals surface area contributed by atoms with E-state index in [1.165, 1.54) is 48.9 Å². The summed E-state index contributed by atoms with van der Waals surface area (Å²) in [6, 6.07) is 25.7. The minimum Gasteiger partial charge on any atom is -0.355 e. The van der Waals surface area contributed by atoms with Crippen molar-refractivity contribution in [2.75, 3.05) is 31.9 Å². The molecular weight excluding hydrogens is 512 g/mol. The fraction of sp³-hybridized carbons (Fsp3) is 0.412. The SMILES string of the molecule is O=C(NCCCCCCCN1CCC(=C(c2ccccc2)c2ccccc2)CC1)C1CSC(c2cccnc2)N1. The fourth-order valence-corrected chi connectivity index (χ4v) is 6.98. The third-order valence-corrected chi connectivity index (χ3v) is 9.24. The summed E-state index contributed by atoms with van der Waals surface area (Å²) in [5.74, 6) is 0.930. The molecular formula is C34H42N4OS. The van der Waals surface area contributed by atoms with E-state index in [-0.39, 0.29) is 17.3 Å². The number of benzene rings is 2. The van der Waals surface area contributed by atoms with Crippen molar-refractivity contribution in [3.8, 4) is 0 Å². The lowest BCUT2D eigenvalue weighted by Crippen LogP contribution is -2.42. The average Bonchev–Trinajstić information content (AvgIpc) is 3.52. The van der Waals surface area contributed by atoms with Crippen LogP contribution in [0.2, 0.25) is 0 Å². The summed E-state index contributed by atoms with van der Waals surface area (Å²) in [4.78, 5) is 19.4. The number of thioether (sulfide) groups is 1. The van der Waals surface area contributed by atoms with E-state index in [9.17, 15) is 4.79 Å². The molecule has 3 aromatic rings. The second-order valence-electron chi connectivity index (χ2n) is 10.8. The quantitative estimate of drug-likeness (QED) is 0.252. The van der Waals surface area contributed by atoms with E-state index in [0.717, 1.165) is 50.2 Å². The van der Waals surface area contributed by atoms with Gasteiger partial charge in [0.25, 0.3) is 0 Å². The third kappa shape index (κ3) is 8.06. The standard InChI is InChI=1S/C34H42N4OS/c39-33(31-26-40-34(37-31)30-17-12-20-35-25-30)36-21-10-2-1-3-11-22-38-23-18-29(19-24-38)32(27-13-6-4-7-14-27)28-15-8-5-9-16-28/h4-9,12-17,20,25,31,34,37H,1-3,10-11,18-19,21-24,26H2,(H,36,39). The van der Waals surface area contributed by atoms with Gasteiger partial charge in [0.05, 0.1) is 11.4 Å². The second kappa shape index (κ2) is 15.2. The van der Waals surface area contributed by atoms with Gasteiger partial charge in [0, 0.05) is 37.8 Å². The maximum Gasteiger partial charge on any atom is 0.238 e. The average molecular weight is 555 g/mol. The molecule has 2 fully saturated rings. The number of unbranched alkanes of at least 4 members (excludes halogenated alkanes) is 4. The molecule has 0 radical (unpaired) electrons. The smallest absolute Gasteiger partial charge is 0.238 e. The first-order chi connectivity index (χ1) is 19.8. The van der Waals surface area contributed by atoms with Crippen molar-refractivity contribution in [1.82, 2.24) is 20.5 Å². The Balaban J connectivity index is 0.954. The molecule has 40 heavy (non-hydrogen) atoms. The van der Waals surface area contributed by atoms with Crippen LogP contribution >= 0.6 is 11.8 Å². The van der Waals surface area contributed by atoms with Crippen molar-refractivity contribution in [2.24, 2.45) is 0 Å². The molecule has 1 aromatic heterocycles. The molecule has 2 saturated heterocycles. The van der Waals surface area contributed by atoms with Gasteiger partial charge in [-0.1, -0.05) is 91.6 Å². The van der Waals surface area contributed by atoms with Crippen molar-refractivity contribution in [3.05, 3.63) is 107 Å². The normalized spacial score (nSPS) is 19.4. The van der Waals surface area contributed by atoms with Crippen LogP contribution in [0.25, 0.3) is 5.57 Å². The van der Waals surface area contributed by atoms with Crippen LogP contribution in [-0.2, 0) is 4.79 Å². The van der Waals surface area contributed by atoms with Gasteiger partial charge in [0.15, 0.2) is 0 Å². The number of likely N-dealkylation sites (tertiary alicyclic amines) is 1. The van der Waals surface area contributed by atoms with E-state index >= 15 is 0 Å². The minimum absolute atomic E-state index is 0.119. The molecule has 2 aliphatic heterocycles. The molecule has 210 valence electrons. The molecule has 5 rings (SSSR count). The first-order valence-corrected chi connectivity index (χ1v) is 15.9. The molecule has 0 bridgehead atoms. The maximum atomic E-state index is 12.5. The number of piperidine rings is 1. The van der Waals surface area contributed by atoms with Crippen LogP contribution in [0, 0.1) is 0 Å². The molecule has 6 heteroatoms. The van der Waals surface area contributed by atoms with E-state index in [4.69, 9.17) is 0 Å². The van der Waals surface area contributed by atoms with Crippen molar-refractivity contribution in [3.63, 3.8) is 0 Å². The predicted octanol–water partition coefficient (Wildman–Crippen LogP) is 6.45. The molecule has 2 aliphatic rings. The van der Waals surface area contributed by atoms with E-state index in [1.807, 2.05) is 12.3 Å². The lowest BCUT2D eigenvalue weighted by molar-refractivity contribution is -0.122. The number of nitrogens with zero attached hydrogens (tertiary/aromatic N) is 2. The Morgan fingerprint density at radius 2 is 1.55 bits per heavy atom. The van der Waals surface area contributed by atoms with Crippen LogP contribution < -0.4 is 10.6 Å². The summed E-state index contributed by atoms with van der Waals surface area (Å²) < 4.78 is 0. The first kappa shape index (κ1) is 28.6. The Morgan fingerprint density at radius 1 is 0.875 bits per heavy atom. The molecule has 2 atom stereocenters. The zero-order chi connectivity index (χ0) is 27.4. The van der Waals surface area contributed by atoms with Gasteiger partial charge in [-0.15, -0.1) is 11.8 Å². The van der Waals surface area contributed by atoms with Crippen LogP contribution in [0.1, 0.15) is 67.0 Å². The summed E-state index contributed by atoms with van der Waals surface area (Å²) in [5.41, 5.74) is 6.83. The zero-order valence-corrected chi connectivity index (χ0v) is 24.3. The van der Waals surface area contributed by atoms with Gasteiger partial charge in [0.2, 0.25) is 5.91 Å². The van der Waals surface area contributed by atoms with Crippen LogP contribution in [0.15, 0.2) is 90.8 Å². The fourth-order valence-electron chi connectivity index (χ4n) is 5.75. The largest absolute Gasteiger partial charge is 0.355 e.